The van der Waals surface area contributed by atoms with Gasteiger partial charge in [-0.2, -0.15) is 10.1 Å². The van der Waals surface area contributed by atoms with Crippen molar-refractivity contribution in [2.75, 3.05) is 0 Å². The van der Waals surface area contributed by atoms with Crippen molar-refractivity contribution in [2.45, 2.75) is 38.6 Å². The van der Waals surface area contributed by atoms with Crippen LogP contribution in [0.4, 0.5) is 0 Å². The molecule has 1 aromatic heterocycles. The maximum absolute atomic E-state index is 10.3. The molecule has 0 unspecified atom stereocenters. The second-order valence-corrected chi connectivity index (χ2v) is 4.14. The lowest BCUT2D eigenvalue weighted by Crippen LogP contribution is -2.16. The normalized spacial score (nSPS) is 15.0. The highest BCUT2D eigenvalue weighted by molar-refractivity contribution is 5.39. The number of hydrogen-bond acceptors (Lipinski definition) is 3. The summed E-state index contributed by atoms with van der Waals surface area (Å²) in [6.45, 7) is 3.76. The summed E-state index contributed by atoms with van der Waals surface area (Å²) in [5.74, 6) is 0. The minimum atomic E-state index is -0.545. The lowest BCUT2D eigenvalue weighted by molar-refractivity contribution is 0.507. The van der Waals surface area contributed by atoms with Gasteiger partial charge < -0.3 is 0 Å². The fraction of sp³-hybridized carbons (Fsp3) is 0.600. The van der Waals surface area contributed by atoms with Crippen molar-refractivity contribution in [3.8, 4) is 0 Å². The van der Waals surface area contributed by atoms with Gasteiger partial charge in [0.1, 0.15) is 5.54 Å². The molecule has 0 fully saturated rings. The van der Waals surface area contributed by atoms with E-state index in [1.165, 1.54) is 11.3 Å². The molecule has 4 heteroatoms. The number of aromatic amines is 1. The second-order valence-electron chi connectivity index (χ2n) is 4.14. The molecule has 1 heterocycles. The van der Waals surface area contributed by atoms with Crippen LogP contribution < -0.4 is 0 Å². The quantitative estimate of drug-likeness (QED) is 0.568. The molecule has 74 valence electrons. The average molecular weight is 191 g/mol. The fourth-order valence-corrected chi connectivity index (χ4v) is 1.99. The molecule has 1 aromatic rings. The zero-order valence-corrected chi connectivity index (χ0v) is 8.42. The van der Waals surface area contributed by atoms with Gasteiger partial charge in [0.25, 0.3) is 0 Å². The number of nitrogens with zero attached hydrogens (tertiary/aromatic N) is 2. The lowest BCUT2D eigenvalue weighted by atomic mass is 9.97. The summed E-state index contributed by atoms with van der Waals surface area (Å²) in [5, 5.41) is 7.24. The highest BCUT2D eigenvalue weighted by Gasteiger charge is 2.29. The smallest absolute Gasteiger partial charge is 0.235 e. The Balaban J connectivity index is 2.46. The van der Waals surface area contributed by atoms with Gasteiger partial charge in [-0.3, -0.25) is 5.10 Å². The number of carbonyl (C=O) groups excluding carboxylic acids is 1. The maximum atomic E-state index is 10.3. The Hall–Kier alpha value is -1.41. The van der Waals surface area contributed by atoms with Crippen molar-refractivity contribution in [1.82, 2.24) is 10.2 Å². The molecule has 1 aliphatic rings. The fourth-order valence-electron chi connectivity index (χ4n) is 1.99. The molecule has 0 saturated carbocycles. The van der Waals surface area contributed by atoms with E-state index in [0.717, 1.165) is 25.0 Å². The van der Waals surface area contributed by atoms with E-state index in [1.54, 1.807) is 6.08 Å². The van der Waals surface area contributed by atoms with Crippen LogP contribution in [-0.2, 0) is 23.2 Å². The summed E-state index contributed by atoms with van der Waals surface area (Å²) >= 11 is 0. The molecule has 2 rings (SSSR count). The summed E-state index contributed by atoms with van der Waals surface area (Å²) in [5.41, 5.74) is 2.80. The molecule has 1 aliphatic carbocycles. The van der Waals surface area contributed by atoms with Crippen LogP contribution in [0.5, 0.6) is 0 Å². The highest BCUT2D eigenvalue weighted by Crippen LogP contribution is 2.31. The summed E-state index contributed by atoms with van der Waals surface area (Å²) in [4.78, 5) is 14.1. The first-order valence-electron chi connectivity index (χ1n) is 4.81. The van der Waals surface area contributed by atoms with Crippen LogP contribution in [0.15, 0.2) is 4.99 Å². The molecule has 1 N–H and O–H groups in total. The molecule has 0 spiro atoms. The van der Waals surface area contributed by atoms with Crippen molar-refractivity contribution in [3.63, 3.8) is 0 Å². The van der Waals surface area contributed by atoms with Crippen LogP contribution in [0.2, 0.25) is 0 Å². The number of rotatable bonds is 2. The average Bonchev–Trinajstić information content (AvgIpc) is 2.60. The lowest BCUT2D eigenvalue weighted by Gasteiger charge is -2.15. The van der Waals surface area contributed by atoms with E-state index in [0.29, 0.717) is 0 Å². The van der Waals surface area contributed by atoms with Crippen LogP contribution in [0.25, 0.3) is 0 Å². The van der Waals surface area contributed by atoms with Gasteiger partial charge in [-0.25, -0.2) is 4.79 Å². The molecule has 0 bridgehead atoms. The van der Waals surface area contributed by atoms with E-state index in [9.17, 15) is 4.79 Å². The molecule has 0 amide bonds. The SMILES string of the molecule is CC(C)(N=C=O)c1n[nH]c2c1CCC2. The Morgan fingerprint density at radius 2 is 2.29 bits per heavy atom. The van der Waals surface area contributed by atoms with Gasteiger partial charge in [-0.05, 0) is 38.7 Å². The zero-order valence-electron chi connectivity index (χ0n) is 8.42. The first kappa shape index (κ1) is 9.16. The summed E-state index contributed by atoms with van der Waals surface area (Å²) in [6.07, 6.45) is 4.87. The van der Waals surface area contributed by atoms with Gasteiger partial charge in [-0.1, -0.05) is 0 Å². The Morgan fingerprint density at radius 1 is 1.50 bits per heavy atom. The predicted octanol–water partition coefficient (Wildman–Crippen LogP) is 1.47. The van der Waals surface area contributed by atoms with Gasteiger partial charge in [0.2, 0.25) is 6.08 Å². The van der Waals surface area contributed by atoms with Crippen LogP contribution in [0, 0.1) is 0 Å². The van der Waals surface area contributed by atoms with Crippen LogP contribution in [-0.4, -0.2) is 16.3 Å². The topological polar surface area (TPSA) is 58.1 Å². The minimum absolute atomic E-state index is 0.545. The second kappa shape index (κ2) is 3.07. The van der Waals surface area contributed by atoms with E-state index in [2.05, 4.69) is 15.2 Å². The Bertz CT molecular complexity index is 399. The van der Waals surface area contributed by atoms with Crippen molar-refractivity contribution in [2.24, 2.45) is 4.99 Å². The molecule has 0 aromatic carbocycles. The van der Waals surface area contributed by atoms with Gasteiger partial charge >= 0.3 is 0 Å². The van der Waals surface area contributed by atoms with Crippen molar-refractivity contribution < 1.29 is 4.79 Å². The third-order valence-corrected chi connectivity index (χ3v) is 2.71. The number of aliphatic imine (C=N–C) groups is 1. The van der Waals surface area contributed by atoms with Crippen molar-refractivity contribution >= 4 is 6.08 Å². The molecule has 14 heavy (non-hydrogen) atoms. The maximum Gasteiger partial charge on any atom is 0.235 e. The first-order chi connectivity index (χ1) is 6.65. The van der Waals surface area contributed by atoms with Gasteiger partial charge in [0.15, 0.2) is 0 Å². The summed E-state index contributed by atoms with van der Waals surface area (Å²) in [6, 6.07) is 0. The molecular weight excluding hydrogens is 178 g/mol. The van der Waals surface area contributed by atoms with E-state index in [4.69, 9.17) is 0 Å². The van der Waals surface area contributed by atoms with Crippen LogP contribution in [0.1, 0.15) is 37.2 Å². The predicted molar refractivity (Wildman–Crippen MR) is 51.8 cm³/mol. The summed E-state index contributed by atoms with van der Waals surface area (Å²) < 4.78 is 0. The van der Waals surface area contributed by atoms with Crippen molar-refractivity contribution in [1.29, 1.82) is 0 Å². The number of isocyanates is 1. The first-order valence-corrected chi connectivity index (χ1v) is 4.81. The minimum Gasteiger partial charge on any atom is -0.282 e. The highest BCUT2D eigenvalue weighted by atomic mass is 16.1. The largest absolute Gasteiger partial charge is 0.282 e. The van der Waals surface area contributed by atoms with E-state index < -0.39 is 5.54 Å². The van der Waals surface area contributed by atoms with Gasteiger partial charge in [0.05, 0.1) is 5.69 Å². The Morgan fingerprint density at radius 3 is 3.00 bits per heavy atom. The monoisotopic (exact) mass is 191 g/mol. The number of H-pyrrole nitrogens is 1. The Labute approximate surface area is 82.4 Å². The number of nitrogens with one attached hydrogen (secondary N) is 1. The molecule has 0 atom stereocenters. The Kier molecular flexibility index (Phi) is 2.01. The number of fused-ring (bicyclic) bond motifs is 1. The zero-order chi connectivity index (χ0) is 10.2. The molecule has 4 nitrogen and oxygen atoms in total. The van der Waals surface area contributed by atoms with Gasteiger partial charge in [0, 0.05) is 5.69 Å². The third-order valence-electron chi connectivity index (χ3n) is 2.71. The van der Waals surface area contributed by atoms with Crippen molar-refractivity contribution in [3.05, 3.63) is 17.0 Å². The van der Waals surface area contributed by atoms with Crippen LogP contribution >= 0.6 is 0 Å². The summed E-state index contributed by atoms with van der Waals surface area (Å²) in [7, 11) is 0. The number of hydrogen-bond donors (Lipinski definition) is 1. The van der Waals surface area contributed by atoms with Crippen LogP contribution in [0.3, 0.4) is 0 Å². The standard InChI is InChI=1S/C10H13N3O/c1-10(2,11-6-14)9-7-4-3-5-8(7)12-13-9/h3-5H2,1-2H3,(H,12,13). The molecule has 0 radical (unpaired) electrons. The molecule has 0 aliphatic heterocycles. The number of aromatic nitrogens is 2. The van der Waals surface area contributed by atoms with E-state index >= 15 is 0 Å². The van der Waals surface area contributed by atoms with E-state index in [1.807, 2.05) is 13.8 Å². The molecular formula is C10H13N3O. The third kappa shape index (κ3) is 1.28. The van der Waals surface area contributed by atoms with E-state index in [-0.39, 0.29) is 0 Å². The molecule has 0 saturated heterocycles. The number of aryl methyl sites for hydroxylation is 1. The van der Waals surface area contributed by atoms with Gasteiger partial charge in [-0.15, -0.1) is 0 Å².